The number of hydrogen-bond donors (Lipinski definition) is 1. The average Bonchev–Trinajstić information content (AvgIpc) is 2.53. The first-order valence-electron chi connectivity index (χ1n) is 10.0. The molecule has 0 amide bonds. The largest absolute Gasteiger partial charge is 0.466 e. The highest BCUT2D eigenvalue weighted by atomic mass is 32.1. The maximum atomic E-state index is 11.6. The molecule has 0 aliphatic rings. The number of rotatable bonds is 17. The summed E-state index contributed by atoms with van der Waals surface area (Å²) < 4.78 is 5.26. The Morgan fingerprint density at radius 1 is 0.783 bits per heavy atom. The van der Waals surface area contributed by atoms with Crippen LogP contribution >= 0.6 is 12.6 Å². The van der Waals surface area contributed by atoms with Gasteiger partial charge in [-0.3, -0.25) is 4.79 Å². The van der Waals surface area contributed by atoms with Crippen molar-refractivity contribution in [2.75, 3.05) is 6.61 Å². The standard InChI is InChI=1S/C20H40O2S/c1-3-5-6-7-8-9-10-11-12-13-14-16-20(21)22-18-17-19(23)15-4-2/h19,23H,3-18H2,1-2H3. The van der Waals surface area contributed by atoms with Gasteiger partial charge in [0.15, 0.2) is 0 Å². The summed E-state index contributed by atoms with van der Waals surface area (Å²) >= 11 is 4.47. The molecular weight excluding hydrogens is 304 g/mol. The monoisotopic (exact) mass is 344 g/mol. The summed E-state index contributed by atoms with van der Waals surface area (Å²) in [6.45, 7) is 4.95. The molecule has 0 bridgehead atoms. The molecule has 0 fully saturated rings. The molecular formula is C20H40O2S. The molecule has 0 heterocycles. The van der Waals surface area contributed by atoms with Crippen LogP contribution in [-0.4, -0.2) is 17.8 Å². The Kier molecular flexibility index (Phi) is 18.0. The van der Waals surface area contributed by atoms with Gasteiger partial charge in [-0.05, 0) is 19.3 Å². The van der Waals surface area contributed by atoms with Gasteiger partial charge in [-0.2, -0.15) is 12.6 Å². The van der Waals surface area contributed by atoms with Crippen LogP contribution in [0.1, 0.15) is 110 Å². The highest BCUT2D eigenvalue weighted by Crippen LogP contribution is 2.12. The van der Waals surface area contributed by atoms with E-state index in [-0.39, 0.29) is 5.97 Å². The Morgan fingerprint density at radius 2 is 1.30 bits per heavy atom. The number of carbonyl (C=O) groups excluding carboxylic acids is 1. The van der Waals surface area contributed by atoms with E-state index in [1.165, 1.54) is 57.8 Å². The number of hydrogen-bond acceptors (Lipinski definition) is 3. The smallest absolute Gasteiger partial charge is 0.305 e. The fourth-order valence-electron chi connectivity index (χ4n) is 2.79. The van der Waals surface area contributed by atoms with E-state index in [2.05, 4.69) is 26.5 Å². The second kappa shape index (κ2) is 18.2. The molecule has 0 saturated carbocycles. The predicted octanol–water partition coefficient (Wildman–Crippen LogP) is 6.72. The van der Waals surface area contributed by atoms with Crippen LogP contribution in [0.3, 0.4) is 0 Å². The van der Waals surface area contributed by atoms with Crippen LogP contribution in [0.4, 0.5) is 0 Å². The molecule has 138 valence electrons. The summed E-state index contributed by atoms with van der Waals surface area (Å²) in [5.41, 5.74) is 0. The second-order valence-corrected chi connectivity index (χ2v) is 7.47. The molecule has 0 aliphatic carbocycles. The summed E-state index contributed by atoms with van der Waals surface area (Å²) in [5.74, 6) is -0.0297. The van der Waals surface area contributed by atoms with Crippen LogP contribution in [0.5, 0.6) is 0 Å². The van der Waals surface area contributed by atoms with Crippen molar-refractivity contribution in [3.8, 4) is 0 Å². The van der Waals surface area contributed by atoms with Gasteiger partial charge in [0.05, 0.1) is 6.61 Å². The van der Waals surface area contributed by atoms with Crippen LogP contribution in [0.2, 0.25) is 0 Å². The van der Waals surface area contributed by atoms with Gasteiger partial charge in [-0.15, -0.1) is 0 Å². The summed E-state index contributed by atoms with van der Waals surface area (Å²) in [6.07, 6.45) is 18.1. The van der Waals surface area contributed by atoms with Crippen molar-refractivity contribution in [3.05, 3.63) is 0 Å². The first-order valence-corrected chi connectivity index (χ1v) is 10.6. The number of esters is 1. The van der Waals surface area contributed by atoms with Crippen molar-refractivity contribution >= 4 is 18.6 Å². The molecule has 2 nitrogen and oxygen atoms in total. The molecule has 0 aromatic rings. The number of thiol groups is 1. The Labute approximate surface area is 150 Å². The topological polar surface area (TPSA) is 26.3 Å². The lowest BCUT2D eigenvalue weighted by Gasteiger charge is -2.09. The lowest BCUT2D eigenvalue weighted by atomic mass is 10.1. The van der Waals surface area contributed by atoms with Crippen molar-refractivity contribution in [2.24, 2.45) is 0 Å². The van der Waals surface area contributed by atoms with Gasteiger partial charge in [-0.1, -0.05) is 84.5 Å². The Balaban J connectivity index is 3.20. The normalized spacial score (nSPS) is 12.3. The Bertz CT molecular complexity index is 256. The van der Waals surface area contributed by atoms with Crippen molar-refractivity contribution in [2.45, 2.75) is 115 Å². The maximum absolute atomic E-state index is 11.6. The number of ether oxygens (including phenoxy) is 1. The van der Waals surface area contributed by atoms with Gasteiger partial charge >= 0.3 is 5.97 Å². The minimum atomic E-state index is -0.0297. The molecule has 1 unspecified atom stereocenters. The summed E-state index contributed by atoms with van der Waals surface area (Å²) in [5, 5.41) is 0.370. The first kappa shape index (κ1) is 22.8. The third kappa shape index (κ3) is 18.0. The van der Waals surface area contributed by atoms with Crippen molar-refractivity contribution in [1.29, 1.82) is 0 Å². The Morgan fingerprint density at radius 3 is 1.83 bits per heavy atom. The minimum absolute atomic E-state index is 0.0297. The molecule has 0 aliphatic heterocycles. The third-order valence-corrected chi connectivity index (χ3v) is 4.84. The van der Waals surface area contributed by atoms with Crippen LogP contribution in [0, 0.1) is 0 Å². The van der Waals surface area contributed by atoms with E-state index < -0.39 is 0 Å². The molecule has 23 heavy (non-hydrogen) atoms. The van der Waals surface area contributed by atoms with E-state index in [4.69, 9.17) is 4.74 Å². The third-order valence-electron chi connectivity index (χ3n) is 4.32. The van der Waals surface area contributed by atoms with Gasteiger partial charge < -0.3 is 4.74 Å². The van der Waals surface area contributed by atoms with Crippen LogP contribution in [0.15, 0.2) is 0 Å². The van der Waals surface area contributed by atoms with Gasteiger partial charge in [0.1, 0.15) is 0 Å². The molecule has 0 aromatic heterocycles. The molecule has 0 spiro atoms. The predicted molar refractivity (Wildman–Crippen MR) is 104 cm³/mol. The van der Waals surface area contributed by atoms with E-state index >= 15 is 0 Å². The van der Waals surface area contributed by atoms with Gasteiger partial charge in [-0.25, -0.2) is 0 Å². The molecule has 0 saturated heterocycles. The quantitative estimate of drug-likeness (QED) is 0.180. The van der Waals surface area contributed by atoms with Crippen LogP contribution < -0.4 is 0 Å². The van der Waals surface area contributed by atoms with Gasteiger partial charge in [0.2, 0.25) is 0 Å². The van der Waals surface area contributed by atoms with E-state index in [1.54, 1.807) is 0 Å². The van der Waals surface area contributed by atoms with Crippen molar-refractivity contribution in [1.82, 2.24) is 0 Å². The van der Waals surface area contributed by atoms with E-state index in [1.807, 2.05) is 0 Å². The highest BCUT2D eigenvalue weighted by Gasteiger charge is 2.05. The molecule has 0 radical (unpaired) electrons. The maximum Gasteiger partial charge on any atom is 0.305 e. The number of carbonyl (C=O) groups is 1. The SMILES string of the molecule is CCCCCCCCCCCCCC(=O)OCCC(S)CCC. The fourth-order valence-corrected chi connectivity index (χ4v) is 3.16. The minimum Gasteiger partial charge on any atom is -0.466 e. The lowest BCUT2D eigenvalue weighted by molar-refractivity contribution is -0.143. The highest BCUT2D eigenvalue weighted by molar-refractivity contribution is 7.80. The number of unbranched alkanes of at least 4 members (excludes halogenated alkanes) is 10. The summed E-state index contributed by atoms with van der Waals surface area (Å²) in [4.78, 5) is 11.6. The molecule has 0 rings (SSSR count). The van der Waals surface area contributed by atoms with E-state index in [0.29, 0.717) is 18.3 Å². The zero-order valence-corrected chi connectivity index (χ0v) is 16.5. The van der Waals surface area contributed by atoms with E-state index in [9.17, 15) is 4.79 Å². The van der Waals surface area contributed by atoms with Crippen LogP contribution in [0.25, 0.3) is 0 Å². The second-order valence-electron chi connectivity index (χ2n) is 6.74. The average molecular weight is 345 g/mol. The molecule has 3 heteroatoms. The summed E-state index contributed by atoms with van der Waals surface area (Å²) in [7, 11) is 0. The zero-order chi connectivity index (χ0) is 17.2. The van der Waals surface area contributed by atoms with E-state index in [0.717, 1.165) is 32.1 Å². The van der Waals surface area contributed by atoms with Crippen LogP contribution in [-0.2, 0) is 9.53 Å². The molecule has 0 aromatic carbocycles. The summed E-state index contributed by atoms with van der Waals surface area (Å²) in [6, 6.07) is 0. The van der Waals surface area contributed by atoms with Gasteiger partial charge in [0.25, 0.3) is 0 Å². The van der Waals surface area contributed by atoms with Crippen molar-refractivity contribution in [3.63, 3.8) is 0 Å². The Hall–Kier alpha value is -0.180. The molecule has 1 atom stereocenters. The zero-order valence-electron chi connectivity index (χ0n) is 15.7. The first-order chi connectivity index (χ1) is 11.2. The fraction of sp³-hybridized carbons (Fsp3) is 0.950. The molecule has 0 N–H and O–H groups in total. The van der Waals surface area contributed by atoms with Crippen molar-refractivity contribution < 1.29 is 9.53 Å². The van der Waals surface area contributed by atoms with Gasteiger partial charge in [0, 0.05) is 11.7 Å². The lowest BCUT2D eigenvalue weighted by Crippen LogP contribution is -2.09.